The van der Waals surface area contributed by atoms with Gasteiger partial charge in [-0.1, -0.05) is 13.8 Å². The van der Waals surface area contributed by atoms with Crippen LogP contribution in [0.25, 0.3) is 0 Å². The minimum atomic E-state index is -0.331. The van der Waals surface area contributed by atoms with Gasteiger partial charge in [-0.2, -0.15) is 5.26 Å². The Hall–Kier alpha value is -1.08. The van der Waals surface area contributed by atoms with Crippen molar-refractivity contribution in [3.63, 3.8) is 0 Å². The fourth-order valence-electron chi connectivity index (χ4n) is 3.07. The molecule has 0 aromatic heterocycles. The average Bonchev–Trinajstić information content (AvgIpc) is 2.68. The molecule has 3 heterocycles. The normalized spacial score (nSPS) is 51.8. The average molecular weight is 193 g/mol. The third kappa shape index (κ3) is 0.642. The molecule has 4 heteroatoms. The summed E-state index contributed by atoms with van der Waals surface area (Å²) in [6.07, 6.45) is -0.458. The van der Waals surface area contributed by atoms with Gasteiger partial charge in [0.25, 0.3) is 0 Å². The Morgan fingerprint density at radius 2 is 2.14 bits per heavy atom. The second kappa shape index (κ2) is 2.12. The summed E-state index contributed by atoms with van der Waals surface area (Å²) in [4.78, 5) is 11.5. The topological polar surface area (TPSA) is 59.3 Å². The molecule has 4 nitrogen and oxygen atoms in total. The Morgan fingerprint density at radius 3 is 2.79 bits per heavy atom. The van der Waals surface area contributed by atoms with Crippen molar-refractivity contribution in [2.45, 2.75) is 32.2 Å². The fourth-order valence-corrected chi connectivity index (χ4v) is 3.07. The maximum Gasteiger partial charge on any atom is 0.313 e. The van der Waals surface area contributed by atoms with Crippen molar-refractivity contribution < 1.29 is 14.3 Å². The molecular formula is C10H11NO3. The van der Waals surface area contributed by atoms with E-state index in [-0.39, 0.29) is 41.5 Å². The summed E-state index contributed by atoms with van der Waals surface area (Å²) < 4.78 is 11.0. The second-order valence-electron chi connectivity index (χ2n) is 4.88. The lowest BCUT2D eigenvalue weighted by molar-refractivity contribution is -0.145. The number of nitrogens with zero attached hydrogens (tertiary/aromatic N) is 1. The maximum atomic E-state index is 11.5. The van der Waals surface area contributed by atoms with Gasteiger partial charge in [0.15, 0.2) is 0 Å². The van der Waals surface area contributed by atoms with E-state index in [4.69, 9.17) is 14.7 Å². The van der Waals surface area contributed by atoms with Crippen molar-refractivity contribution >= 4 is 5.97 Å². The van der Waals surface area contributed by atoms with Crippen molar-refractivity contribution in [1.82, 2.24) is 0 Å². The Bertz CT molecular complexity index is 357. The molecule has 3 aliphatic heterocycles. The highest BCUT2D eigenvalue weighted by Gasteiger charge is 2.71. The third-order valence-electron chi connectivity index (χ3n) is 3.80. The first kappa shape index (κ1) is 8.25. The van der Waals surface area contributed by atoms with E-state index in [0.717, 1.165) is 0 Å². The zero-order valence-corrected chi connectivity index (χ0v) is 8.06. The maximum absolute atomic E-state index is 11.5. The van der Waals surface area contributed by atoms with Crippen molar-refractivity contribution in [2.75, 3.05) is 0 Å². The monoisotopic (exact) mass is 193 g/mol. The molecular weight excluding hydrogens is 182 g/mol. The quantitative estimate of drug-likeness (QED) is 0.525. The number of rotatable bonds is 0. The van der Waals surface area contributed by atoms with Crippen LogP contribution in [0.2, 0.25) is 0 Å². The summed E-state index contributed by atoms with van der Waals surface area (Å²) in [5, 5.41) is 9.02. The molecule has 0 saturated carbocycles. The molecule has 3 fully saturated rings. The van der Waals surface area contributed by atoms with Crippen LogP contribution in [0.15, 0.2) is 0 Å². The molecule has 74 valence electrons. The zero-order chi connectivity index (χ0) is 10.1. The standard InChI is InChI=1S/C10H11NO3/c1-10(2)7-4(3-11)5-6(13-7)8(10)14-9(5)12/h4-8H,1-2H3. The van der Waals surface area contributed by atoms with E-state index in [1.54, 1.807) is 0 Å². The molecule has 14 heavy (non-hydrogen) atoms. The van der Waals surface area contributed by atoms with Crippen molar-refractivity contribution in [3.8, 4) is 6.07 Å². The first-order valence-electron chi connectivity index (χ1n) is 4.83. The van der Waals surface area contributed by atoms with Crippen LogP contribution in [0.1, 0.15) is 13.8 Å². The van der Waals surface area contributed by atoms with E-state index in [9.17, 15) is 4.79 Å². The first-order chi connectivity index (χ1) is 6.57. The van der Waals surface area contributed by atoms with Crippen LogP contribution < -0.4 is 0 Å². The van der Waals surface area contributed by atoms with Gasteiger partial charge in [-0.3, -0.25) is 4.79 Å². The van der Waals surface area contributed by atoms with Crippen LogP contribution in [0.5, 0.6) is 0 Å². The summed E-state index contributed by atoms with van der Waals surface area (Å²) in [7, 11) is 0. The molecule has 3 aliphatic rings. The summed E-state index contributed by atoms with van der Waals surface area (Å²) in [5.41, 5.74) is -0.215. The van der Waals surface area contributed by atoms with E-state index >= 15 is 0 Å². The van der Waals surface area contributed by atoms with Gasteiger partial charge in [0.1, 0.15) is 18.1 Å². The van der Waals surface area contributed by atoms with Crippen LogP contribution in [0.4, 0.5) is 0 Å². The molecule has 0 amide bonds. The highest BCUT2D eigenvalue weighted by atomic mass is 16.6. The van der Waals surface area contributed by atoms with Crippen LogP contribution in [-0.2, 0) is 14.3 Å². The van der Waals surface area contributed by atoms with E-state index in [1.807, 2.05) is 13.8 Å². The predicted octanol–water partition coefficient (Wildman–Crippen LogP) is 0.475. The van der Waals surface area contributed by atoms with E-state index < -0.39 is 0 Å². The van der Waals surface area contributed by atoms with Crippen LogP contribution in [0, 0.1) is 28.6 Å². The lowest BCUT2D eigenvalue weighted by Crippen LogP contribution is -2.43. The highest BCUT2D eigenvalue weighted by molar-refractivity contribution is 5.78. The fraction of sp³-hybridized carbons (Fsp3) is 0.800. The van der Waals surface area contributed by atoms with Crippen LogP contribution in [0.3, 0.4) is 0 Å². The van der Waals surface area contributed by atoms with Gasteiger partial charge in [0, 0.05) is 5.41 Å². The molecule has 0 aromatic rings. The number of carbonyl (C=O) groups excluding carboxylic acids is 1. The highest BCUT2D eigenvalue weighted by Crippen LogP contribution is 2.58. The molecule has 0 spiro atoms. The number of hydrogen-bond donors (Lipinski definition) is 0. The molecule has 5 unspecified atom stereocenters. The SMILES string of the molecule is CC1(C)C2OC3C(C(=O)OC31)C2C#N. The molecule has 3 saturated heterocycles. The Morgan fingerprint density at radius 1 is 1.43 bits per heavy atom. The molecule has 5 atom stereocenters. The lowest BCUT2D eigenvalue weighted by atomic mass is 9.67. The predicted molar refractivity (Wildman–Crippen MR) is 44.9 cm³/mol. The summed E-state index contributed by atoms with van der Waals surface area (Å²) in [5.74, 6) is -0.899. The van der Waals surface area contributed by atoms with E-state index in [0.29, 0.717) is 0 Å². The molecule has 3 rings (SSSR count). The summed E-state index contributed by atoms with van der Waals surface area (Å²) in [6, 6.07) is 2.18. The van der Waals surface area contributed by atoms with Gasteiger partial charge in [-0.25, -0.2) is 0 Å². The number of esters is 1. The van der Waals surface area contributed by atoms with Gasteiger partial charge < -0.3 is 9.47 Å². The van der Waals surface area contributed by atoms with E-state index in [1.165, 1.54) is 0 Å². The van der Waals surface area contributed by atoms with Gasteiger partial charge in [0.05, 0.1) is 18.1 Å². The molecule has 0 aliphatic carbocycles. The number of fused-ring (bicyclic) bond motifs is 1. The number of carbonyl (C=O) groups is 1. The number of nitriles is 1. The lowest BCUT2D eigenvalue weighted by Gasteiger charge is -2.31. The van der Waals surface area contributed by atoms with Crippen LogP contribution in [-0.4, -0.2) is 24.3 Å². The molecule has 2 bridgehead atoms. The van der Waals surface area contributed by atoms with Gasteiger partial charge >= 0.3 is 5.97 Å². The number of ether oxygens (including phenoxy) is 2. The number of hydrogen-bond acceptors (Lipinski definition) is 4. The minimum absolute atomic E-state index is 0.140. The van der Waals surface area contributed by atoms with Crippen molar-refractivity contribution in [1.29, 1.82) is 5.26 Å². The first-order valence-corrected chi connectivity index (χ1v) is 4.83. The Kier molecular flexibility index (Phi) is 1.25. The molecule has 0 N–H and O–H groups in total. The smallest absolute Gasteiger partial charge is 0.313 e. The van der Waals surface area contributed by atoms with Crippen molar-refractivity contribution in [3.05, 3.63) is 0 Å². The van der Waals surface area contributed by atoms with Gasteiger partial charge in [0.2, 0.25) is 0 Å². The minimum Gasteiger partial charge on any atom is -0.459 e. The van der Waals surface area contributed by atoms with Crippen molar-refractivity contribution in [2.24, 2.45) is 17.3 Å². The largest absolute Gasteiger partial charge is 0.459 e. The molecule has 0 aromatic carbocycles. The van der Waals surface area contributed by atoms with E-state index in [2.05, 4.69) is 6.07 Å². The van der Waals surface area contributed by atoms with Crippen LogP contribution >= 0.6 is 0 Å². The van der Waals surface area contributed by atoms with Gasteiger partial charge in [-0.05, 0) is 0 Å². The summed E-state index contributed by atoms with van der Waals surface area (Å²) >= 11 is 0. The Balaban J connectivity index is 2.11. The summed E-state index contributed by atoms with van der Waals surface area (Å²) in [6.45, 7) is 4.00. The zero-order valence-electron chi connectivity index (χ0n) is 8.06. The molecule has 0 radical (unpaired) electrons. The van der Waals surface area contributed by atoms with Gasteiger partial charge in [-0.15, -0.1) is 0 Å². The Labute approximate surface area is 81.8 Å². The second-order valence-corrected chi connectivity index (χ2v) is 4.88. The third-order valence-corrected chi connectivity index (χ3v) is 3.80.